The number of amides is 1. The highest BCUT2D eigenvalue weighted by Crippen LogP contribution is 2.28. The van der Waals surface area contributed by atoms with Gasteiger partial charge >= 0.3 is 0 Å². The lowest BCUT2D eigenvalue weighted by Gasteiger charge is -2.29. The van der Waals surface area contributed by atoms with Gasteiger partial charge in [-0.05, 0) is 62.3 Å². The Morgan fingerprint density at radius 1 is 1.03 bits per heavy atom. The second kappa shape index (κ2) is 9.68. The van der Waals surface area contributed by atoms with Gasteiger partial charge in [0.05, 0.1) is 11.1 Å². The fraction of sp³-hybridized carbons (Fsp3) is 0.400. The number of aromatic nitrogens is 2. The molecule has 0 aliphatic heterocycles. The maximum atomic E-state index is 14.1. The third-order valence-electron chi connectivity index (χ3n) is 6.26. The van der Waals surface area contributed by atoms with Crippen molar-refractivity contribution in [3.8, 4) is 0 Å². The van der Waals surface area contributed by atoms with Gasteiger partial charge in [0, 0.05) is 32.1 Å². The van der Waals surface area contributed by atoms with Crippen molar-refractivity contribution in [2.75, 3.05) is 30.9 Å². The van der Waals surface area contributed by atoms with E-state index in [-0.39, 0.29) is 17.2 Å². The molecule has 1 heterocycles. The quantitative estimate of drug-likeness (QED) is 0.567. The highest BCUT2D eigenvalue weighted by atomic mass is 19.2. The number of carbonyl (C=O) groups excluding carboxylic acids is 1. The van der Waals surface area contributed by atoms with E-state index in [0.717, 1.165) is 42.4 Å². The van der Waals surface area contributed by atoms with Gasteiger partial charge in [0.1, 0.15) is 5.82 Å². The molecular formula is C25H29F2N5O. The summed E-state index contributed by atoms with van der Waals surface area (Å²) in [7, 11) is 3.93. The fourth-order valence-electron chi connectivity index (χ4n) is 4.31. The number of para-hydroxylation sites is 1. The number of nitrogens with zero attached hydrogens (tertiary/aromatic N) is 3. The number of carbonyl (C=O) groups is 1. The summed E-state index contributed by atoms with van der Waals surface area (Å²) in [5.74, 6) is -0.853. The molecule has 2 N–H and O–H groups in total. The van der Waals surface area contributed by atoms with Gasteiger partial charge in [0.2, 0.25) is 5.95 Å². The molecule has 0 saturated heterocycles. The Morgan fingerprint density at radius 2 is 1.76 bits per heavy atom. The molecule has 0 unspecified atom stereocenters. The number of hydrogen-bond donors (Lipinski definition) is 2. The second-order valence-corrected chi connectivity index (χ2v) is 8.91. The minimum atomic E-state index is -1.09. The standard InChI is InChI=1S/C25H29F2N5O/c1-15-8-13-19(22(27)21(15)26)24(33)28-14-16-9-11-17(12-10-16)29-25-30-20-7-5-4-6-18(20)23(31-25)32(2)3/h4-8,13,16-17H,9-12,14H2,1-3H3,(H,28,33)(H,29,30,31). The van der Waals surface area contributed by atoms with Crippen LogP contribution in [0.25, 0.3) is 10.9 Å². The number of rotatable bonds is 6. The minimum Gasteiger partial charge on any atom is -0.362 e. The van der Waals surface area contributed by atoms with Crippen LogP contribution >= 0.6 is 0 Å². The molecule has 1 saturated carbocycles. The summed E-state index contributed by atoms with van der Waals surface area (Å²) in [4.78, 5) is 23.7. The third-order valence-corrected chi connectivity index (χ3v) is 6.26. The monoisotopic (exact) mass is 453 g/mol. The molecule has 1 aliphatic carbocycles. The maximum Gasteiger partial charge on any atom is 0.254 e. The molecule has 6 nitrogen and oxygen atoms in total. The summed E-state index contributed by atoms with van der Waals surface area (Å²) in [6.45, 7) is 1.91. The van der Waals surface area contributed by atoms with Crippen LogP contribution in [0.4, 0.5) is 20.5 Å². The van der Waals surface area contributed by atoms with Crippen LogP contribution in [0, 0.1) is 24.5 Å². The fourth-order valence-corrected chi connectivity index (χ4v) is 4.31. The van der Waals surface area contributed by atoms with E-state index in [0.29, 0.717) is 18.4 Å². The van der Waals surface area contributed by atoms with Crippen molar-refractivity contribution in [1.29, 1.82) is 0 Å². The number of halogens is 2. The molecule has 2 aromatic carbocycles. The van der Waals surface area contributed by atoms with Gasteiger partial charge < -0.3 is 15.5 Å². The van der Waals surface area contributed by atoms with E-state index in [9.17, 15) is 13.6 Å². The molecule has 8 heteroatoms. The molecule has 0 bridgehead atoms. The smallest absolute Gasteiger partial charge is 0.254 e. The first kappa shape index (κ1) is 22.9. The van der Waals surface area contributed by atoms with Crippen LogP contribution in [0.1, 0.15) is 41.6 Å². The molecule has 1 fully saturated rings. The van der Waals surface area contributed by atoms with Gasteiger partial charge in [-0.1, -0.05) is 18.2 Å². The summed E-state index contributed by atoms with van der Waals surface area (Å²) in [6.07, 6.45) is 3.66. The molecule has 0 atom stereocenters. The number of aryl methyl sites for hydroxylation is 1. The van der Waals surface area contributed by atoms with E-state index in [1.807, 2.05) is 43.3 Å². The van der Waals surface area contributed by atoms with Gasteiger partial charge in [0.25, 0.3) is 5.91 Å². The predicted octanol–water partition coefficient (Wildman–Crippen LogP) is 4.68. The van der Waals surface area contributed by atoms with Crippen LogP contribution in [-0.4, -0.2) is 42.6 Å². The van der Waals surface area contributed by atoms with Crippen LogP contribution < -0.4 is 15.5 Å². The average molecular weight is 454 g/mol. The van der Waals surface area contributed by atoms with Crippen molar-refractivity contribution < 1.29 is 13.6 Å². The Bertz CT molecular complexity index is 1160. The molecule has 1 amide bonds. The Balaban J connectivity index is 1.32. The molecule has 3 aromatic rings. The van der Waals surface area contributed by atoms with E-state index in [4.69, 9.17) is 4.98 Å². The van der Waals surface area contributed by atoms with Crippen LogP contribution in [0.2, 0.25) is 0 Å². The number of fused-ring (bicyclic) bond motifs is 1. The van der Waals surface area contributed by atoms with Crippen LogP contribution in [0.5, 0.6) is 0 Å². The normalized spacial score (nSPS) is 18.2. The maximum absolute atomic E-state index is 14.1. The van der Waals surface area contributed by atoms with E-state index in [1.165, 1.54) is 19.1 Å². The van der Waals surface area contributed by atoms with Crippen molar-refractivity contribution in [2.24, 2.45) is 5.92 Å². The van der Waals surface area contributed by atoms with E-state index >= 15 is 0 Å². The summed E-state index contributed by atoms with van der Waals surface area (Å²) in [5, 5.41) is 7.25. The van der Waals surface area contributed by atoms with Gasteiger partial charge in [-0.15, -0.1) is 0 Å². The summed E-state index contributed by atoms with van der Waals surface area (Å²) >= 11 is 0. The Kier molecular flexibility index (Phi) is 6.72. The van der Waals surface area contributed by atoms with Crippen LogP contribution in [0.3, 0.4) is 0 Å². The second-order valence-electron chi connectivity index (χ2n) is 8.91. The lowest BCUT2D eigenvalue weighted by Crippen LogP contribution is -2.34. The van der Waals surface area contributed by atoms with E-state index in [2.05, 4.69) is 15.6 Å². The molecule has 0 radical (unpaired) electrons. The molecular weight excluding hydrogens is 424 g/mol. The first-order chi connectivity index (χ1) is 15.8. The molecule has 0 spiro atoms. The Labute approximate surface area is 192 Å². The minimum absolute atomic E-state index is 0.183. The lowest BCUT2D eigenvalue weighted by molar-refractivity contribution is 0.0938. The molecule has 4 rings (SSSR count). The number of hydrogen-bond acceptors (Lipinski definition) is 5. The van der Waals surface area contributed by atoms with Gasteiger partial charge in [-0.2, -0.15) is 4.98 Å². The van der Waals surface area contributed by atoms with Crippen molar-refractivity contribution >= 4 is 28.6 Å². The first-order valence-corrected chi connectivity index (χ1v) is 11.3. The molecule has 33 heavy (non-hydrogen) atoms. The van der Waals surface area contributed by atoms with E-state index < -0.39 is 17.5 Å². The molecule has 174 valence electrons. The van der Waals surface area contributed by atoms with Gasteiger partial charge in [-0.25, -0.2) is 13.8 Å². The number of nitrogens with one attached hydrogen (secondary N) is 2. The first-order valence-electron chi connectivity index (χ1n) is 11.3. The molecule has 1 aromatic heterocycles. The van der Waals surface area contributed by atoms with Crippen molar-refractivity contribution in [3.63, 3.8) is 0 Å². The Hall–Kier alpha value is -3.29. The molecule has 1 aliphatic rings. The van der Waals surface area contributed by atoms with Crippen molar-refractivity contribution in [1.82, 2.24) is 15.3 Å². The average Bonchev–Trinajstić information content (AvgIpc) is 2.81. The Morgan fingerprint density at radius 3 is 2.48 bits per heavy atom. The SMILES string of the molecule is Cc1ccc(C(=O)NCC2CCC(Nc3nc(N(C)C)c4ccccc4n3)CC2)c(F)c1F. The van der Waals surface area contributed by atoms with E-state index in [1.54, 1.807) is 0 Å². The number of anilines is 2. The summed E-state index contributed by atoms with van der Waals surface area (Å²) in [6, 6.07) is 10.9. The highest BCUT2D eigenvalue weighted by molar-refractivity contribution is 5.94. The zero-order chi connectivity index (χ0) is 23.5. The third kappa shape index (κ3) is 5.05. The lowest BCUT2D eigenvalue weighted by atomic mass is 9.86. The van der Waals surface area contributed by atoms with Crippen LogP contribution in [0.15, 0.2) is 36.4 Å². The highest BCUT2D eigenvalue weighted by Gasteiger charge is 2.24. The number of benzene rings is 2. The van der Waals surface area contributed by atoms with Gasteiger partial charge in [0.15, 0.2) is 11.6 Å². The largest absolute Gasteiger partial charge is 0.362 e. The van der Waals surface area contributed by atoms with Gasteiger partial charge in [-0.3, -0.25) is 4.79 Å². The zero-order valence-electron chi connectivity index (χ0n) is 19.2. The van der Waals surface area contributed by atoms with Crippen LogP contribution in [-0.2, 0) is 0 Å². The topological polar surface area (TPSA) is 70.2 Å². The van der Waals surface area contributed by atoms with Crippen molar-refractivity contribution in [3.05, 3.63) is 59.2 Å². The zero-order valence-corrected chi connectivity index (χ0v) is 19.2. The predicted molar refractivity (Wildman–Crippen MR) is 127 cm³/mol. The van der Waals surface area contributed by atoms with Crippen molar-refractivity contribution in [2.45, 2.75) is 38.6 Å². The summed E-state index contributed by atoms with van der Waals surface area (Å²) < 4.78 is 27.8. The summed E-state index contributed by atoms with van der Waals surface area (Å²) in [5.41, 5.74) is 0.830.